The number of rotatable bonds is 4. The number of hydrogen-bond donors (Lipinski definition) is 0. The Morgan fingerprint density at radius 1 is 0.829 bits per heavy atom. The third-order valence-corrected chi connectivity index (χ3v) is 6.67. The van der Waals surface area contributed by atoms with E-state index >= 15 is 0 Å². The van der Waals surface area contributed by atoms with Crippen molar-refractivity contribution in [3.05, 3.63) is 113 Å². The third-order valence-electron chi connectivity index (χ3n) is 6.67. The molecule has 1 saturated heterocycles. The third kappa shape index (κ3) is 3.85. The van der Waals surface area contributed by atoms with Crippen molar-refractivity contribution in [1.82, 2.24) is 18.9 Å². The molecule has 5 aromatic rings. The highest BCUT2D eigenvalue weighted by Crippen LogP contribution is 2.22. The van der Waals surface area contributed by atoms with Gasteiger partial charge in [-0.15, -0.1) is 0 Å². The van der Waals surface area contributed by atoms with Crippen molar-refractivity contribution in [2.75, 3.05) is 31.1 Å². The molecule has 0 saturated carbocycles. The van der Waals surface area contributed by atoms with Crippen molar-refractivity contribution in [3.63, 3.8) is 0 Å². The van der Waals surface area contributed by atoms with Gasteiger partial charge in [0.25, 0.3) is 11.5 Å². The molecule has 1 aliphatic rings. The fourth-order valence-corrected chi connectivity index (χ4v) is 4.82. The standard InChI is InChI=1S/C28H25N5O2/c34-27-23-19-24(28(35)31-17-15-30(16-18-31)22-11-5-2-6-12-22)33(20-21-9-3-1-4-10-21)26(23)29-25-13-7-8-14-32(25)27/h1-14,19H,15-18,20H2. The molecule has 0 bridgehead atoms. The van der Waals surface area contributed by atoms with Gasteiger partial charge < -0.3 is 14.4 Å². The predicted molar refractivity (Wildman–Crippen MR) is 137 cm³/mol. The summed E-state index contributed by atoms with van der Waals surface area (Å²) in [4.78, 5) is 36.0. The molecule has 1 fully saturated rings. The van der Waals surface area contributed by atoms with Crippen LogP contribution in [0.15, 0.2) is 95.9 Å². The average Bonchev–Trinajstić information content (AvgIpc) is 3.28. The lowest BCUT2D eigenvalue weighted by Crippen LogP contribution is -2.49. The van der Waals surface area contributed by atoms with Crippen LogP contribution in [0.3, 0.4) is 0 Å². The minimum atomic E-state index is -0.166. The van der Waals surface area contributed by atoms with Crippen molar-refractivity contribution >= 4 is 28.3 Å². The Hall–Kier alpha value is -4.39. The maximum atomic E-state index is 13.8. The summed E-state index contributed by atoms with van der Waals surface area (Å²) in [5, 5.41) is 0.455. The van der Waals surface area contributed by atoms with Crippen LogP contribution >= 0.6 is 0 Å². The second kappa shape index (κ2) is 8.76. The lowest BCUT2D eigenvalue weighted by Gasteiger charge is -2.36. The Morgan fingerprint density at radius 3 is 2.26 bits per heavy atom. The number of aromatic nitrogens is 3. The van der Waals surface area contributed by atoms with E-state index < -0.39 is 0 Å². The van der Waals surface area contributed by atoms with Crippen LogP contribution in [-0.4, -0.2) is 50.9 Å². The summed E-state index contributed by atoms with van der Waals surface area (Å²) in [5.74, 6) is -0.0694. The molecule has 1 aliphatic heterocycles. The van der Waals surface area contributed by atoms with E-state index in [0.29, 0.717) is 42.0 Å². The van der Waals surface area contributed by atoms with Crippen LogP contribution in [0.5, 0.6) is 0 Å². The van der Waals surface area contributed by atoms with E-state index in [2.05, 4.69) is 17.0 Å². The van der Waals surface area contributed by atoms with Crippen molar-refractivity contribution in [1.29, 1.82) is 0 Å². The second-order valence-electron chi connectivity index (χ2n) is 8.80. The lowest BCUT2D eigenvalue weighted by molar-refractivity contribution is 0.0737. The Labute approximate surface area is 202 Å². The Morgan fingerprint density at radius 2 is 1.51 bits per heavy atom. The minimum Gasteiger partial charge on any atom is -0.368 e. The molecule has 6 rings (SSSR count). The van der Waals surface area contributed by atoms with Crippen LogP contribution in [-0.2, 0) is 6.54 Å². The number of fused-ring (bicyclic) bond motifs is 2. The van der Waals surface area contributed by atoms with Gasteiger partial charge in [0.15, 0.2) is 0 Å². The molecule has 4 heterocycles. The van der Waals surface area contributed by atoms with Crippen LogP contribution in [0, 0.1) is 0 Å². The summed E-state index contributed by atoms with van der Waals surface area (Å²) in [6.45, 7) is 3.23. The zero-order valence-corrected chi connectivity index (χ0v) is 19.2. The van der Waals surface area contributed by atoms with Crippen LogP contribution in [0.1, 0.15) is 16.1 Å². The van der Waals surface area contributed by atoms with Crippen LogP contribution in [0.4, 0.5) is 5.69 Å². The summed E-state index contributed by atoms with van der Waals surface area (Å²) >= 11 is 0. The van der Waals surface area contributed by atoms with Gasteiger partial charge in [-0.05, 0) is 35.9 Å². The molecule has 3 aromatic heterocycles. The Kier molecular flexibility index (Phi) is 5.29. The number of anilines is 1. The number of nitrogens with zero attached hydrogens (tertiary/aromatic N) is 5. The van der Waals surface area contributed by atoms with E-state index in [1.165, 1.54) is 10.1 Å². The number of benzene rings is 2. The van der Waals surface area contributed by atoms with Crippen molar-refractivity contribution in [2.45, 2.75) is 6.54 Å². The van der Waals surface area contributed by atoms with Gasteiger partial charge in [-0.3, -0.25) is 14.0 Å². The summed E-state index contributed by atoms with van der Waals surface area (Å²) in [7, 11) is 0. The average molecular weight is 464 g/mol. The largest absolute Gasteiger partial charge is 0.368 e. The number of carbonyl (C=O) groups is 1. The first kappa shape index (κ1) is 21.2. The fraction of sp³-hybridized carbons (Fsp3) is 0.179. The summed E-state index contributed by atoms with van der Waals surface area (Å²) in [5.41, 5.74) is 3.65. The quantitative estimate of drug-likeness (QED) is 0.408. The Balaban J connectivity index is 1.39. The summed E-state index contributed by atoms with van der Waals surface area (Å²) < 4.78 is 3.42. The first-order chi connectivity index (χ1) is 17.2. The molecule has 0 radical (unpaired) electrons. The van der Waals surface area contributed by atoms with E-state index in [4.69, 9.17) is 4.98 Å². The first-order valence-electron chi connectivity index (χ1n) is 11.8. The van der Waals surface area contributed by atoms with E-state index in [-0.39, 0.29) is 11.5 Å². The number of carbonyl (C=O) groups excluding carboxylic acids is 1. The molecule has 7 heteroatoms. The number of hydrogen-bond acceptors (Lipinski definition) is 4. The van der Waals surface area contributed by atoms with E-state index in [1.807, 2.05) is 70.1 Å². The minimum absolute atomic E-state index is 0.0694. The number of pyridine rings is 1. The fourth-order valence-electron chi connectivity index (χ4n) is 4.82. The number of amides is 1. The maximum Gasteiger partial charge on any atom is 0.270 e. The molecule has 0 aliphatic carbocycles. The highest BCUT2D eigenvalue weighted by molar-refractivity contribution is 5.98. The zero-order valence-electron chi connectivity index (χ0n) is 19.2. The SMILES string of the molecule is O=C(c1cc2c(=O)n3ccccc3nc2n1Cc1ccccc1)N1CCN(c2ccccc2)CC1. The van der Waals surface area contributed by atoms with Gasteiger partial charge in [0.1, 0.15) is 17.0 Å². The molecule has 0 unspecified atom stereocenters. The predicted octanol–water partition coefficient (Wildman–Crippen LogP) is 3.66. The van der Waals surface area contributed by atoms with E-state index in [1.54, 1.807) is 18.3 Å². The van der Waals surface area contributed by atoms with Crippen LogP contribution in [0.25, 0.3) is 16.7 Å². The number of piperazine rings is 1. The molecule has 0 atom stereocenters. The highest BCUT2D eigenvalue weighted by atomic mass is 16.2. The van der Waals surface area contributed by atoms with Crippen LogP contribution in [0.2, 0.25) is 0 Å². The topological polar surface area (TPSA) is 62.9 Å². The molecule has 0 N–H and O–H groups in total. The highest BCUT2D eigenvalue weighted by Gasteiger charge is 2.27. The zero-order chi connectivity index (χ0) is 23.8. The summed E-state index contributed by atoms with van der Waals surface area (Å²) in [6.07, 6.45) is 1.71. The molecule has 174 valence electrons. The van der Waals surface area contributed by atoms with Gasteiger partial charge in [0.05, 0.1) is 5.39 Å². The molecular weight excluding hydrogens is 438 g/mol. The van der Waals surface area contributed by atoms with Crippen molar-refractivity contribution < 1.29 is 4.79 Å². The van der Waals surface area contributed by atoms with Gasteiger partial charge in [-0.25, -0.2) is 4.98 Å². The van der Waals surface area contributed by atoms with E-state index in [0.717, 1.165) is 18.7 Å². The van der Waals surface area contributed by atoms with Gasteiger partial charge in [0.2, 0.25) is 0 Å². The monoisotopic (exact) mass is 463 g/mol. The normalized spacial score (nSPS) is 14.1. The van der Waals surface area contributed by atoms with Gasteiger partial charge >= 0.3 is 0 Å². The smallest absolute Gasteiger partial charge is 0.270 e. The molecule has 2 aromatic carbocycles. The van der Waals surface area contributed by atoms with Gasteiger partial charge in [0, 0.05) is 44.6 Å². The first-order valence-corrected chi connectivity index (χ1v) is 11.8. The molecule has 0 spiro atoms. The summed E-state index contributed by atoms with van der Waals surface area (Å²) in [6, 6.07) is 27.4. The van der Waals surface area contributed by atoms with Crippen molar-refractivity contribution in [2.24, 2.45) is 0 Å². The molecule has 7 nitrogen and oxygen atoms in total. The molecule has 1 amide bonds. The van der Waals surface area contributed by atoms with Crippen molar-refractivity contribution in [3.8, 4) is 0 Å². The lowest BCUT2D eigenvalue weighted by atomic mass is 10.2. The van der Waals surface area contributed by atoms with Gasteiger partial charge in [-0.1, -0.05) is 54.6 Å². The number of para-hydroxylation sites is 1. The maximum absolute atomic E-state index is 13.8. The molecular formula is C28H25N5O2. The molecule has 35 heavy (non-hydrogen) atoms. The van der Waals surface area contributed by atoms with Gasteiger partial charge in [-0.2, -0.15) is 0 Å². The second-order valence-corrected chi connectivity index (χ2v) is 8.80. The van der Waals surface area contributed by atoms with Crippen LogP contribution < -0.4 is 10.5 Å². The Bertz CT molecular complexity index is 1570. The van der Waals surface area contributed by atoms with E-state index in [9.17, 15) is 9.59 Å².